The van der Waals surface area contributed by atoms with Crippen molar-refractivity contribution in [2.45, 2.75) is 6.92 Å². The molecule has 9 nitrogen and oxygen atoms in total. The molecule has 0 spiro atoms. The number of ether oxygens (including phenoxy) is 2. The molecule has 3 aromatic heterocycles. The summed E-state index contributed by atoms with van der Waals surface area (Å²) in [5, 5.41) is 17.5. The molecule has 0 fully saturated rings. The minimum atomic E-state index is -0.0445. The van der Waals surface area contributed by atoms with Crippen molar-refractivity contribution in [3.05, 3.63) is 85.3 Å². The van der Waals surface area contributed by atoms with Crippen LogP contribution in [0.4, 0.5) is 11.5 Å². The van der Waals surface area contributed by atoms with Crippen LogP contribution in [0.25, 0.3) is 16.6 Å². The topological polar surface area (TPSA) is 107 Å². The molecule has 164 valence electrons. The summed E-state index contributed by atoms with van der Waals surface area (Å²) < 4.78 is 13.3. The van der Waals surface area contributed by atoms with Crippen LogP contribution >= 0.6 is 0 Å². The van der Waals surface area contributed by atoms with Crippen LogP contribution in [0, 0.1) is 6.92 Å². The zero-order valence-electron chi connectivity index (χ0n) is 17.8. The quantitative estimate of drug-likeness (QED) is 0.342. The number of nitrogens with one attached hydrogen (secondary N) is 1. The first-order valence-electron chi connectivity index (χ1n) is 10.1. The van der Waals surface area contributed by atoms with Crippen molar-refractivity contribution in [1.29, 1.82) is 0 Å². The Morgan fingerprint density at radius 1 is 1.03 bits per heavy atom. The summed E-state index contributed by atoms with van der Waals surface area (Å²) in [5.74, 6) is 2.59. The van der Waals surface area contributed by atoms with Gasteiger partial charge >= 0.3 is 0 Å². The molecule has 0 saturated heterocycles. The van der Waals surface area contributed by atoms with E-state index in [9.17, 15) is 5.11 Å². The lowest BCUT2D eigenvalue weighted by atomic mass is 10.2. The van der Waals surface area contributed by atoms with E-state index in [1.54, 1.807) is 16.8 Å². The Morgan fingerprint density at radius 3 is 2.79 bits per heavy atom. The molecule has 0 amide bonds. The number of rotatable bonds is 7. The van der Waals surface area contributed by atoms with Gasteiger partial charge in [-0.1, -0.05) is 6.58 Å². The fourth-order valence-corrected chi connectivity index (χ4v) is 3.36. The second-order valence-electron chi connectivity index (χ2n) is 7.39. The minimum absolute atomic E-state index is 0.0205. The van der Waals surface area contributed by atoms with E-state index in [-0.39, 0.29) is 12.4 Å². The molecule has 0 unspecified atom stereocenters. The number of hydrogen-bond acceptors (Lipinski definition) is 8. The molecule has 0 saturated carbocycles. The van der Waals surface area contributed by atoms with Crippen molar-refractivity contribution in [2.75, 3.05) is 11.9 Å². The maximum Gasteiger partial charge on any atom is 0.158 e. The van der Waals surface area contributed by atoms with Gasteiger partial charge in [-0.3, -0.25) is 0 Å². The lowest BCUT2D eigenvalue weighted by Gasteiger charge is -2.13. The summed E-state index contributed by atoms with van der Waals surface area (Å²) in [6.07, 6.45) is 4.81. The predicted octanol–water partition coefficient (Wildman–Crippen LogP) is 4.97. The number of aromatic nitrogens is 5. The number of nitrogens with zero attached hydrogens (tertiary/aromatic N) is 5. The second kappa shape index (κ2) is 8.46. The van der Waals surface area contributed by atoms with Gasteiger partial charge in [0.05, 0.1) is 5.52 Å². The van der Waals surface area contributed by atoms with E-state index >= 15 is 0 Å². The monoisotopic (exact) mass is 440 g/mol. The van der Waals surface area contributed by atoms with Gasteiger partial charge in [0.25, 0.3) is 0 Å². The van der Waals surface area contributed by atoms with E-state index in [1.807, 2.05) is 49.4 Å². The van der Waals surface area contributed by atoms with Crippen LogP contribution in [0.3, 0.4) is 0 Å². The number of fused-ring (bicyclic) bond motifs is 2. The van der Waals surface area contributed by atoms with Crippen molar-refractivity contribution in [3.63, 3.8) is 0 Å². The van der Waals surface area contributed by atoms with Crippen LogP contribution in [0.15, 0.2) is 79.7 Å². The molecule has 2 N–H and O–H groups in total. The van der Waals surface area contributed by atoms with E-state index in [2.05, 4.69) is 31.9 Å². The number of hydrogen-bond donors (Lipinski definition) is 2. The van der Waals surface area contributed by atoms with Gasteiger partial charge in [0.2, 0.25) is 0 Å². The third-order valence-corrected chi connectivity index (χ3v) is 4.93. The number of aliphatic hydroxyl groups excluding tert-OH is 1. The van der Waals surface area contributed by atoms with E-state index in [0.29, 0.717) is 23.0 Å². The molecule has 0 bridgehead atoms. The standard InChI is InChI=1S/C24H20N6O3/c1-15-9-17(3-6-22(15)33-19-7-8-30-23(11-19)26-14-28-30)29-24-20-10-18(32-12-16(2)31)4-5-21(20)25-13-27-24/h3-11,13-14,31H,2,12H2,1H3,(H,25,27,29). The number of anilines is 2. The lowest BCUT2D eigenvalue weighted by Crippen LogP contribution is -2.00. The van der Waals surface area contributed by atoms with E-state index in [1.165, 1.54) is 12.7 Å². The lowest BCUT2D eigenvalue weighted by molar-refractivity contribution is 0.272. The predicted molar refractivity (Wildman–Crippen MR) is 124 cm³/mol. The number of aliphatic hydroxyl groups is 1. The first-order chi connectivity index (χ1) is 16.0. The van der Waals surface area contributed by atoms with E-state index < -0.39 is 0 Å². The van der Waals surface area contributed by atoms with Gasteiger partial charge in [0.1, 0.15) is 48.1 Å². The van der Waals surface area contributed by atoms with Crippen LogP contribution in [0.2, 0.25) is 0 Å². The van der Waals surface area contributed by atoms with Crippen molar-refractivity contribution in [3.8, 4) is 17.2 Å². The highest BCUT2D eigenvalue weighted by Gasteiger charge is 2.09. The first-order valence-corrected chi connectivity index (χ1v) is 10.1. The second-order valence-corrected chi connectivity index (χ2v) is 7.39. The van der Waals surface area contributed by atoms with Crippen molar-refractivity contribution < 1.29 is 14.6 Å². The fraction of sp³-hybridized carbons (Fsp3) is 0.0833. The summed E-state index contributed by atoms with van der Waals surface area (Å²) in [6.45, 7) is 5.43. The molecule has 5 rings (SSSR count). The van der Waals surface area contributed by atoms with E-state index in [0.717, 1.165) is 27.9 Å². The van der Waals surface area contributed by atoms with Crippen molar-refractivity contribution >= 4 is 28.1 Å². The fourth-order valence-electron chi connectivity index (χ4n) is 3.36. The minimum Gasteiger partial charge on any atom is -0.509 e. The molecule has 0 aliphatic heterocycles. The van der Waals surface area contributed by atoms with Crippen molar-refractivity contribution in [1.82, 2.24) is 24.6 Å². The molecule has 5 aromatic rings. The molecule has 0 aliphatic carbocycles. The smallest absolute Gasteiger partial charge is 0.158 e. The Balaban J connectivity index is 1.38. The van der Waals surface area contributed by atoms with Gasteiger partial charge < -0.3 is 19.9 Å². The van der Waals surface area contributed by atoms with Gasteiger partial charge in [-0.2, -0.15) is 5.10 Å². The summed E-state index contributed by atoms with van der Waals surface area (Å²) >= 11 is 0. The number of benzene rings is 2. The first kappa shape index (κ1) is 20.3. The molecule has 33 heavy (non-hydrogen) atoms. The highest BCUT2D eigenvalue weighted by Crippen LogP contribution is 2.31. The largest absolute Gasteiger partial charge is 0.509 e. The molecule has 0 aliphatic rings. The van der Waals surface area contributed by atoms with Crippen LogP contribution in [0.5, 0.6) is 17.2 Å². The maximum absolute atomic E-state index is 9.28. The Bertz CT molecular complexity index is 1480. The van der Waals surface area contributed by atoms with Gasteiger partial charge in [0.15, 0.2) is 5.65 Å². The maximum atomic E-state index is 9.28. The highest BCUT2D eigenvalue weighted by molar-refractivity contribution is 5.91. The van der Waals surface area contributed by atoms with Crippen LogP contribution in [-0.4, -0.2) is 36.3 Å². The zero-order valence-corrected chi connectivity index (χ0v) is 17.8. The Morgan fingerprint density at radius 2 is 1.94 bits per heavy atom. The summed E-state index contributed by atoms with van der Waals surface area (Å²) in [6, 6.07) is 14.9. The Labute approximate surface area is 189 Å². The van der Waals surface area contributed by atoms with Crippen LogP contribution < -0.4 is 14.8 Å². The summed E-state index contributed by atoms with van der Waals surface area (Å²) in [7, 11) is 0. The molecule has 2 aromatic carbocycles. The normalized spacial score (nSPS) is 10.9. The van der Waals surface area contributed by atoms with Crippen LogP contribution in [0.1, 0.15) is 5.56 Å². The number of pyridine rings is 1. The van der Waals surface area contributed by atoms with Crippen molar-refractivity contribution in [2.24, 2.45) is 0 Å². The summed E-state index contributed by atoms with van der Waals surface area (Å²) in [4.78, 5) is 12.9. The SMILES string of the molecule is C=C(O)COc1ccc2ncnc(Nc3ccc(Oc4ccn5ncnc5c4)c(C)c3)c2c1. The van der Waals surface area contributed by atoms with Gasteiger partial charge in [0, 0.05) is 23.3 Å². The highest BCUT2D eigenvalue weighted by atomic mass is 16.5. The molecular formula is C24H20N6O3. The zero-order chi connectivity index (χ0) is 22.8. The third kappa shape index (κ3) is 4.38. The average Bonchev–Trinajstić information content (AvgIpc) is 3.28. The van der Waals surface area contributed by atoms with Gasteiger partial charge in [-0.25, -0.2) is 19.5 Å². The Kier molecular flexibility index (Phi) is 5.19. The number of aryl methyl sites for hydroxylation is 1. The van der Waals surface area contributed by atoms with Gasteiger partial charge in [-0.05, 0) is 55.0 Å². The average molecular weight is 440 g/mol. The van der Waals surface area contributed by atoms with Crippen LogP contribution in [-0.2, 0) is 0 Å². The molecule has 0 radical (unpaired) electrons. The molecular weight excluding hydrogens is 420 g/mol. The molecule has 3 heterocycles. The van der Waals surface area contributed by atoms with Gasteiger partial charge in [-0.15, -0.1) is 0 Å². The molecule has 0 atom stereocenters. The molecule has 9 heteroatoms. The summed E-state index contributed by atoms with van der Waals surface area (Å²) in [5.41, 5.74) is 3.28. The van der Waals surface area contributed by atoms with E-state index in [4.69, 9.17) is 9.47 Å². The Hall–Kier alpha value is -4.66. The third-order valence-electron chi connectivity index (χ3n) is 4.93.